The molecule has 0 spiro atoms. The molecule has 0 heterocycles. The summed E-state index contributed by atoms with van der Waals surface area (Å²) in [6.45, 7) is 5.17. The van der Waals surface area contributed by atoms with Gasteiger partial charge >= 0.3 is 0 Å². The number of unbranched alkanes of at least 4 members (excludes halogenated alkanes) is 6. The van der Waals surface area contributed by atoms with Crippen LogP contribution in [-0.2, 0) is 4.74 Å². The fourth-order valence-corrected chi connectivity index (χ4v) is 3.81. The Morgan fingerprint density at radius 3 is 1.65 bits per heavy atom. The van der Waals surface area contributed by atoms with E-state index in [4.69, 9.17) is 4.74 Å². The maximum Gasteiger partial charge on any atom is 0.0684 e. The lowest BCUT2D eigenvalue weighted by Gasteiger charge is -2.28. The van der Waals surface area contributed by atoms with Gasteiger partial charge in [0.05, 0.1) is 6.10 Å². The topological polar surface area (TPSA) is 9.23 Å². The standard InChI is InChI=1S/C25H36O/c1-3-5-6-7-8-9-16-21-24(26-4-2)25(22-17-12-10-13-18-22)23-19-14-11-15-20-23/h10-15,17-20,24-25H,3-9,16,21H2,1-2H3. The van der Waals surface area contributed by atoms with Crippen molar-refractivity contribution in [1.82, 2.24) is 0 Å². The summed E-state index contributed by atoms with van der Waals surface area (Å²) in [5, 5.41) is 0. The minimum Gasteiger partial charge on any atom is -0.378 e. The van der Waals surface area contributed by atoms with Crippen molar-refractivity contribution in [3.63, 3.8) is 0 Å². The summed E-state index contributed by atoms with van der Waals surface area (Å²) in [5.41, 5.74) is 2.72. The van der Waals surface area contributed by atoms with Gasteiger partial charge in [-0.25, -0.2) is 0 Å². The first kappa shape index (κ1) is 20.7. The van der Waals surface area contributed by atoms with E-state index in [-0.39, 0.29) is 6.10 Å². The van der Waals surface area contributed by atoms with Crippen LogP contribution in [-0.4, -0.2) is 12.7 Å². The van der Waals surface area contributed by atoms with Crippen molar-refractivity contribution in [1.29, 1.82) is 0 Å². The zero-order valence-electron chi connectivity index (χ0n) is 16.7. The molecule has 142 valence electrons. The third-order valence-electron chi connectivity index (χ3n) is 5.16. The Labute approximate surface area is 160 Å². The van der Waals surface area contributed by atoms with Gasteiger partial charge in [-0.2, -0.15) is 0 Å². The molecule has 0 radical (unpaired) electrons. The Balaban J connectivity index is 2.02. The Morgan fingerprint density at radius 2 is 1.15 bits per heavy atom. The summed E-state index contributed by atoms with van der Waals surface area (Å²) in [5.74, 6) is 0.317. The first-order chi connectivity index (χ1) is 12.9. The van der Waals surface area contributed by atoms with Gasteiger partial charge in [-0.15, -0.1) is 0 Å². The number of hydrogen-bond acceptors (Lipinski definition) is 1. The Bertz CT molecular complexity index is 524. The summed E-state index contributed by atoms with van der Waals surface area (Å²) < 4.78 is 6.26. The van der Waals surface area contributed by atoms with Crippen LogP contribution >= 0.6 is 0 Å². The fourth-order valence-electron chi connectivity index (χ4n) is 3.81. The molecule has 2 aromatic carbocycles. The van der Waals surface area contributed by atoms with Crippen LogP contribution in [0, 0.1) is 0 Å². The van der Waals surface area contributed by atoms with Crippen LogP contribution in [0.2, 0.25) is 0 Å². The molecule has 2 rings (SSSR count). The molecule has 1 nitrogen and oxygen atoms in total. The van der Waals surface area contributed by atoms with E-state index >= 15 is 0 Å². The largest absolute Gasteiger partial charge is 0.378 e. The van der Waals surface area contributed by atoms with E-state index in [1.165, 1.54) is 56.1 Å². The van der Waals surface area contributed by atoms with Crippen molar-refractivity contribution in [2.24, 2.45) is 0 Å². The predicted octanol–water partition coefficient (Wildman–Crippen LogP) is 7.36. The van der Waals surface area contributed by atoms with Gasteiger partial charge in [0, 0.05) is 12.5 Å². The number of hydrogen-bond donors (Lipinski definition) is 0. The zero-order valence-corrected chi connectivity index (χ0v) is 16.7. The molecular formula is C25H36O. The molecule has 26 heavy (non-hydrogen) atoms. The van der Waals surface area contributed by atoms with Gasteiger partial charge in [-0.1, -0.05) is 113 Å². The van der Waals surface area contributed by atoms with Gasteiger partial charge in [0.2, 0.25) is 0 Å². The van der Waals surface area contributed by atoms with Gasteiger partial charge < -0.3 is 4.74 Å². The van der Waals surface area contributed by atoms with Crippen LogP contribution in [0.4, 0.5) is 0 Å². The highest BCUT2D eigenvalue weighted by Gasteiger charge is 2.25. The zero-order chi connectivity index (χ0) is 18.5. The summed E-state index contributed by atoms with van der Waals surface area (Å²) in [4.78, 5) is 0. The second kappa shape index (κ2) is 12.7. The van der Waals surface area contributed by atoms with Crippen molar-refractivity contribution < 1.29 is 4.74 Å². The maximum absolute atomic E-state index is 6.26. The van der Waals surface area contributed by atoms with E-state index in [1.54, 1.807) is 0 Å². The van der Waals surface area contributed by atoms with Crippen molar-refractivity contribution >= 4 is 0 Å². The van der Waals surface area contributed by atoms with E-state index in [0.29, 0.717) is 5.92 Å². The van der Waals surface area contributed by atoms with Gasteiger partial charge in [-0.3, -0.25) is 0 Å². The van der Waals surface area contributed by atoms with Crippen LogP contribution in [0.1, 0.15) is 82.3 Å². The van der Waals surface area contributed by atoms with E-state index in [2.05, 4.69) is 74.5 Å². The molecule has 0 amide bonds. The normalized spacial score (nSPS) is 12.4. The van der Waals surface area contributed by atoms with Gasteiger partial charge in [0.15, 0.2) is 0 Å². The quantitative estimate of drug-likeness (QED) is 0.342. The highest BCUT2D eigenvalue weighted by molar-refractivity contribution is 5.33. The lowest BCUT2D eigenvalue weighted by molar-refractivity contribution is 0.0434. The smallest absolute Gasteiger partial charge is 0.0684 e. The second-order valence-electron chi connectivity index (χ2n) is 7.20. The van der Waals surface area contributed by atoms with E-state index in [1.807, 2.05) is 0 Å². The SMILES string of the molecule is CCCCCCCCCC(OCC)C(c1ccccc1)c1ccccc1. The van der Waals surface area contributed by atoms with Crippen LogP contribution in [0.3, 0.4) is 0 Å². The van der Waals surface area contributed by atoms with E-state index in [0.717, 1.165) is 13.0 Å². The van der Waals surface area contributed by atoms with Crippen molar-refractivity contribution in [3.05, 3.63) is 71.8 Å². The number of ether oxygens (including phenoxy) is 1. The van der Waals surface area contributed by atoms with Crippen LogP contribution in [0.5, 0.6) is 0 Å². The molecule has 0 N–H and O–H groups in total. The maximum atomic E-state index is 6.26. The molecule has 0 aliphatic carbocycles. The lowest BCUT2D eigenvalue weighted by atomic mass is 9.84. The van der Waals surface area contributed by atoms with Crippen molar-refractivity contribution in [2.45, 2.75) is 77.2 Å². The second-order valence-corrected chi connectivity index (χ2v) is 7.20. The average Bonchev–Trinajstić information content (AvgIpc) is 2.69. The minimum atomic E-state index is 0.250. The summed E-state index contributed by atoms with van der Waals surface area (Å²) >= 11 is 0. The third-order valence-corrected chi connectivity index (χ3v) is 5.16. The predicted molar refractivity (Wildman–Crippen MR) is 113 cm³/mol. The molecule has 0 saturated carbocycles. The molecule has 0 saturated heterocycles. The average molecular weight is 353 g/mol. The molecule has 0 aliphatic heterocycles. The number of rotatable bonds is 13. The summed E-state index contributed by atoms with van der Waals surface area (Å²) in [7, 11) is 0. The highest BCUT2D eigenvalue weighted by Crippen LogP contribution is 2.32. The molecule has 0 bridgehead atoms. The fraction of sp³-hybridized carbons (Fsp3) is 0.520. The van der Waals surface area contributed by atoms with E-state index < -0.39 is 0 Å². The van der Waals surface area contributed by atoms with E-state index in [9.17, 15) is 0 Å². The molecular weight excluding hydrogens is 316 g/mol. The lowest BCUT2D eigenvalue weighted by Crippen LogP contribution is -2.23. The molecule has 0 fully saturated rings. The van der Waals surface area contributed by atoms with Crippen molar-refractivity contribution in [3.8, 4) is 0 Å². The Hall–Kier alpha value is -1.60. The summed E-state index contributed by atoms with van der Waals surface area (Å²) in [6.07, 6.45) is 10.8. The van der Waals surface area contributed by atoms with Crippen LogP contribution in [0.15, 0.2) is 60.7 Å². The highest BCUT2D eigenvalue weighted by atomic mass is 16.5. The van der Waals surface area contributed by atoms with Gasteiger partial charge in [0.25, 0.3) is 0 Å². The molecule has 1 heteroatoms. The summed E-state index contributed by atoms with van der Waals surface area (Å²) in [6, 6.07) is 21.7. The molecule has 0 aliphatic rings. The molecule has 2 aromatic rings. The first-order valence-corrected chi connectivity index (χ1v) is 10.6. The number of benzene rings is 2. The monoisotopic (exact) mass is 352 g/mol. The molecule has 1 unspecified atom stereocenters. The van der Waals surface area contributed by atoms with Crippen LogP contribution < -0.4 is 0 Å². The van der Waals surface area contributed by atoms with Crippen LogP contribution in [0.25, 0.3) is 0 Å². The molecule has 0 aromatic heterocycles. The van der Waals surface area contributed by atoms with Gasteiger partial charge in [-0.05, 0) is 24.5 Å². The minimum absolute atomic E-state index is 0.250. The first-order valence-electron chi connectivity index (χ1n) is 10.6. The third kappa shape index (κ3) is 6.96. The van der Waals surface area contributed by atoms with Gasteiger partial charge in [0.1, 0.15) is 0 Å². The Kier molecular flexibility index (Phi) is 10.1. The molecule has 1 atom stereocenters. The Morgan fingerprint density at radius 1 is 0.654 bits per heavy atom. The van der Waals surface area contributed by atoms with Crippen molar-refractivity contribution in [2.75, 3.05) is 6.61 Å².